The number of nitrogens with one attached hydrogen (secondary N) is 1. The molecular weight excluding hydrogens is 330 g/mol. The molecule has 7 heteroatoms. The Kier molecular flexibility index (Phi) is 4.74. The van der Waals surface area contributed by atoms with Gasteiger partial charge in [0.25, 0.3) is 0 Å². The molecule has 2 N–H and O–H groups in total. The fourth-order valence-corrected chi connectivity index (χ4v) is 4.04. The molecule has 2 saturated heterocycles. The quantitative estimate of drug-likeness (QED) is 0.847. The van der Waals surface area contributed by atoms with Crippen LogP contribution >= 0.6 is 0 Å². The van der Waals surface area contributed by atoms with E-state index in [-0.39, 0.29) is 18.0 Å². The maximum absolute atomic E-state index is 12.6. The van der Waals surface area contributed by atoms with Gasteiger partial charge in [0.05, 0.1) is 17.7 Å². The monoisotopic (exact) mass is 355 g/mol. The normalized spacial score (nSPS) is 24.2. The number of amides is 1. The third-order valence-electron chi connectivity index (χ3n) is 5.59. The van der Waals surface area contributed by atoms with Crippen molar-refractivity contribution in [1.82, 2.24) is 20.2 Å². The van der Waals surface area contributed by atoms with Gasteiger partial charge in [-0.05, 0) is 31.4 Å². The van der Waals surface area contributed by atoms with Gasteiger partial charge >= 0.3 is 0 Å². The van der Waals surface area contributed by atoms with Crippen molar-refractivity contribution >= 4 is 22.6 Å². The number of hydrogen-bond donors (Lipinski definition) is 2. The Balaban J connectivity index is 1.41. The smallest absolute Gasteiger partial charge is 0.239 e. The lowest BCUT2D eigenvalue weighted by molar-refractivity contribution is -0.134. The van der Waals surface area contributed by atoms with Crippen molar-refractivity contribution in [3.63, 3.8) is 0 Å². The second kappa shape index (κ2) is 7.17. The number of fused-ring (bicyclic) bond motifs is 1. The number of rotatable bonds is 3. The minimum absolute atomic E-state index is 0.0903. The van der Waals surface area contributed by atoms with Crippen molar-refractivity contribution in [1.29, 1.82) is 0 Å². The zero-order valence-corrected chi connectivity index (χ0v) is 15.0. The molecule has 0 unspecified atom stereocenters. The molecule has 0 spiro atoms. The molecule has 0 saturated carbocycles. The predicted octanol–water partition coefficient (Wildman–Crippen LogP) is 0.780. The number of nitrogens with zero attached hydrogens (tertiary/aromatic N) is 4. The maximum atomic E-state index is 12.6. The van der Waals surface area contributed by atoms with Gasteiger partial charge in [-0.15, -0.1) is 0 Å². The number of anilines is 1. The summed E-state index contributed by atoms with van der Waals surface area (Å²) in [7, 11) is 1.88. The number of likely N-dealkylation sites (N-methyl/N-ethyl adjacent to an activating group) is 1. The highest BCUT2D eigenvalue weighted by Gasteiger charge is 2.34. The fraction of sp³-hybridized carbons (Fsp3) is 0.526. The van der Waals surface area contributed by atoms with Crippen LogP contribution in [0.3, 0.4) is 0 Å². The van der Waals surface area contributed by atoms with Crippen molar-refractivity contribution in [2.75, 3.05) is 31.6 Å². The minimum Gasteiger partial charge on any atom is -0.392 e. The van der Waals surface area contributed by atoms with E-state index in [4.69, 9.17) is 0 Å². The molecule has 2 aliphatic heterocycles. The number of aliphatic hydroxyl groups excluding tert-OH is 1. The third kappa shape index (κ3) is 3.24. The lowest BCUT2D eigenvalue weighted by Crippen LogP contribution is -2.50. The molecule has 2 fully saturated rings. The first-order valence-electron chi connectivity index (χ1n) is 9.26. The van der Waals surface area contributed by atoms with Crippen LogP contribution in [0.2, 0.25) is 0 Å². The molecule has 1 aromatic carbocycles. The van der Waals surface area contributed by atoms with Gasteiger partial charge in [-0.1, -0.05) is 12.1 Å². The zero-order valence-electron chi connectivity index (χ0n) is 15.0. The molecular formula is C19H25N5O2. The van der Waals surface area contributed by atoms with Gasteiger partial charge in [0.15, 0.2) is 0 Å². The summed E-state index contributed by atoms with van der Waals surface area (Å²) in [5.74, 6) is 1.07. The highest BCUT2D eigenvalue weighted by Crippen LogP contribution is 2.27. The van der Waals surface area contributed by atoms with Gasteiger partial charge in [-0.3, -0.25) is 4.79 Å². The summed E-state index contributed by atoms with van der Waals surface area (Å²) >= 11 is 0. The van der Waals surface area contributed by atoms with E-state index in [1.165, 1.54) is 0 Å². The molecule has 1 amide bonds. The number of hydrogen-bond acceptors (Lipinski definition) is 6. The van der Waals surface area contributed by atoms with E-state index in [2.05, 4.69) is 26.3 Å². The van der Waals surface area contributed by atoms with E-state index in [0.717, 1.165) is 42.7 Å². The summed E-state index contributed by atoms with van der Waals surface area (Å²) in [4.78, 5) is 25.6. The van der Waals surface area contributed by atoms with Gasteiger partial charge in [-0.25, -0.2) is 9.97 Å². The number of para-hydroxylation sites is 1. The molecule has 4 rings (SSSR count). The minimum atomic E-state index is -0.412. The average Bonchev–Trinajstić information content (AvgIpc) is 3.13. The third-order valence-corrected chi connectivity index (χ3v) is 5.59. The first-order chi connectivity index (χ1) is 12.6. The molecule has 0 aliphatic carbocycles. The van der Waals surface area contributed by atoms with Crippen molar-refractivity contribution in [3.8, 4) is 0 Å². The summed E-state index contributed by atoms with van der Waals surface area (Å²) in [6.45, 7) is 2.23. The molecule has 26 heavy (non-hydrogen) atoms. The summed E-state index contributed by atoms with van der Waals surface area (Å²) in [5, 5.41) is 13.8. The highest BCUT2D eigenvalue weighted by atomic mass is 16.3. The molecule has 0 radical (unpaired) electrons. The second-order valence-electron chi connectivity index (χ2n) is 7.23. The average molecular weight is 355 g/mol. The number of aromatic nitrogens is 2. The lowest BCUT2D eigenvalue weighted by Gasteiger charge is -2.38. The van der Waals surface area contributed by atoms with Crippen molar-refractivity contribution in [3.05, 3.63) is 30.6 Å². The van der Waals surface area contributed by atoms with Gasteiger partial charge in [0, 0.05) is 38.1 Å². The van der Waals surface area contributed by atoms with Crippen LogP contribution in [-0.4, -0.2) is 70.8 Å². The summed E-state index contributed by atoms with van der Waals surface area (Å²) < 4.78 is 0. The molecule has 3 heterocycles. The van der Waals surface area contributed by atoms with Crippen LogP contribution in [0.15, 0.2) is 30.6 Å². The van der Waals surface area contributed by atoms with Gasteiger partial charge in [-0.2, -0.15) is 0 Å². The van der Waals surface area contributed by atoms with Crippen LogP contribution < -0.4 is 10.2 Å². The molecule has 0 bridgehead atoms. The van der Waals surface area contributed by atoms with E-state index < -0.39 is 6.10 Å². The first-order valence-corrected chi connectivity index (χ1v) is 9.26. The molecule has 2 aliphatic rings. The lowest BCUT2D eigenvalue weighted by atomic mass is 10.0. The number of piperidine rings is 1. The molecule has 138 valence electrons. The fourth-order valence-electron chi connectivity index (χ4n) is 4.04. The van der Waals surface area contributed by atoms with Crippen molar-refractivity contribution in [2.45, 2.75) is 37.5 Å². The number of aliphatic hydroxyl groups is 1. The number of benzene rings is 1. The summed E-state index contributed by atoms with van der Waals surface area (Å²) in [6.07, 6.45) is 3.54. The van der Waals surface area contributed by atoms with E-state index in [1.807, 2.05) is 30.1 Å². The van der Waals surface area contributed by atoms with E-state index >= 15 is 0 Å². The summed E-state index contributed by atoms with van der Waals surface area (Å²) in [6, 6.07) is 8.04. The van der Waals surface area contributed by atoms with E-state index in [1.54, 1.807) is 6.33 Å². The number of β-amino-alcohol motifs (C(OH)–C–C–N with tert-alkyl or cyclic N) is 1. The van der Waals surface area contributed by atoms with Crippen molar-refractivity contribution < 1.29 is 9.90 Å². The molecule has 2 atom stereocenters. The number of carbonyl (C=O) groups excluding carboxylic acids is 1. The first kappa shape index (κ1) is 17.2. The Morgan fingerprint density at radius 3 is 2.77 bits per heavy atom. The van der Waals surface area contributed by atoms with Gasteiger partial charge in [0.1, 0.15) is 12.1 Å². The zero-order chi connectivity index (χ0) is 18.1. The molecule has 7 nitrogen and oxygen atoms in total. The van der Waals surface area contributed by atoms with Crippen LogP contribution in [0.1, 0.15) is 19.3 Å². The SMILES string of the molecule is CN(C(=O)[C@H]1C[C@H](O)CN1)C1CCN(c2ncnc3ccccc23)CC1. The highest BCUT2D eigenvalue weighted by molar-refractivity contribution is 5.89. The van der Waals surface area contributed by atoms with E-state index in [9.17, 15) is 9.90 Å². The molecule has 1 aromatic heterocycles. The Labute approximate surface area is 153 Å². The van der Waals surface area contributed by atoms with Crippen LogP contribution in [0.4, 0.5) is 5.82 Å². The van der Waals surface area contributed by atoms with Crippen LogP contribution in [0, 0.1) is 0 Å². The van der Waals surface area contributed by atoms with Gasteiger partial charge in [0.2, 0.25) is 5.91 Å². The maximum Gasteiger partial charge on any atom is 0.239 e. The van der Waals surface area contributed by atoms with Crippen LogP contribution in [0.5, 0.6) is 0 Å². The van der Waals surface area contributed by atoms with Gasteiger partial charge < -0.3 is 20.2 Å². The Bertz CT molecular complexity index is 785. The summed E-state index contributed by atoms with van der Waals surface area (Å²) in [5.41, 5.74) is 0.956. The van der Waals surface area contributed by atoms with E-state index in [0.29, 0.717) is 13.0 Å². The largest absolute Gasteiger partial charge is 0.392 e. The Morgan fingerprint density at radius 1 is 1.27 bits per heavy atom. The topological polar surface area (TPSA) is 81.6 Å². The predicted molar refractivity (Wildman–Crippen MR) is 100.0 cm³/mol. The standard InChI is InChI=1S/C19H25N5O2/c1-23(19(26)17-10-14(25)11-20-17)13-6-8-24(9-7-13)18-15-4-2-3-5-16(15)21-12-22-18/h2-5,12-14,17,20,25H,6-11H2,1H3/t14-,17+/m0/s1. The van der Waals surface area contributed by atoms with Crippen LogP contribution in [-0.2, 0) is 4.79 Å². The Hall–Kier alpha value is -2.25. The van der Waals surface area contributed by atoms with Crippen molar-refractivity contribution in [2.24, 2.45) is 0 Å². The second-order valence-corrected chi connectivity index (χ2v) is 7.23. The number of carbonyl (C=O) groups is 1. The van der Waals surface area contributed by atoms with Crippen LogP contribution in [0.25, 0.3) is 10.9 Å². The Morgan fingerprint density at radius 2 is 2.04 bits per heavy atom. The molecule has 2 aromatic rings.